The second kappa shape index (κ2) is 7.79. The molecule has 0 aromatic heterocycles. The van der Waals surface area contributed by atoms with Gasteiger partial charge in [0, 0.05) is 13.0 Å². The van der Waals surface area contributed by atoms with Crippen LogP contribution in [0.25, 0.3) is 0 Å². The molecule has 1 N–H and O–H groups in total. The third-order valence-corrected chi connectivity index (χ3v) is 2.99. The van der Waals surface area contributed by atoms with Crippen molar-refractivity contribution in [1.29, 1.82) is 0 Å². The summed E-state index contributed by atoms with van der Waals surface area (Å²) in [5.74, 6) is -0.670. The van der Waals surface area contributed by atoms with Gasteiger partial charge in [-0.3, -0.25) is 9.59 Å². The van der Waals surface area contributed by atoms with E-state index < -0.39 is 11.3 Å². The van der Waals surface area contributed by atoms with E-state index in [2.05, 4.69) is 10.1 Å². The molecule has 104 valence electrons. The molecule has 0 aliphatic heterocycles. The number of alkyl halides is 1. The summed E-state index contributed by atoms with van der Waals surface area (Å²) >= 11 is 5.72. The molecule has 0 aliphatic carbocycles. The van der Waals surface area contributed by atoms with Crippen LogP contribution in [0.4, 0.5) is 0 Å². The number of aryl methyl sites for hydroxylation is 2. The van der Waals surface area contributed by atoms with Crippen molar-refractivity contribution in [2.24, 2.45) is 0 Å². The van der Waals surface area contributed by atoms with Gasteiger partial charge in [0.25, 0.3) is 0 Å². The number of ether oxygens (including phenoxy) is 1. The van der Waals surface area contributed by atoms with Crippen molar-refractivity contribution in [1.82, 2.24) is 5.32 Å². The number of amides is 1. The predicted octanol–water partition coefficient (Wildman–Crippen LogP) is 1.82. The molecule has 1 unspecified atom stereocenters. The van der Waals surface area contributed by atoms with Gasteiger partial charge in [0.2, 0.25) is 5.91 Å². The van der Waals surface area contributed by atoms with E-state index >= 15 is 0 Å². The fraction of sp³-hybridized carbons (Fsp3) is 0.429. The summed E-state index contributed by atoms with van der Waals surface area (Å²) in [5, 5.41) is 1.77. The minimum atomic E-state index is -0.840. The fourth-order valence-electron chi connectivity index (χ4n) is 1.63. The minimum absolute atomic E-state index is 0.0842. The van der Waals surface area contributed by atoms with Gasteiger partial charge in [-0.15, -0.1) is 11.6 Å². The quantitative estimate of drug-likeness (QED) is 0.640. The third kappa shape index (κ3) is 5.75. The van der Waals surface area contributed by atoms with Crippen LogP contribution in [0.3, 0.4) is 0 Å². The summed E-state index contributed by atoms with van der Waals surface area (Å²) < 4.78 is 4.46. The first kappa shape index (κ1) is 15.5. The maximum Gasteiger partial charge on any atom is 0.325 e. The standard InChI is InChI=1S/C14H18ClNO3/c1-10-4-3-5-11(8-10)6-7-13(17)16-9-12(15)14(18)19-2/h3-5,8,12H,6-7,9H2,1-2H3,(H,16,17). The van der Waals surface area contributed by atoms with Gasteiger partial charge in [-0.05, 0) is 18.9 Å². The number of rotatable bonds is 6. The molecule has 0 aliphatic rings. The summed E-state index contributed by atoms with van der Waals surface area (Å²) in [5.41, 5.74) is 2.29. The highest BCUT2D eigenvalue weighted by atomic mass is 35.5. The topological polar surface area (TPSA) is 55.4 Å². The molecule has 5 heteroatoms. The number of methoxy groups -OCH3 is 1. The smallest absolute Gasteiger partial charge is 0.325 e. The zero-order valence-corrected chi connectivity index (χ0v) is 11.9. The van der Waals surface area contributed by atoms with Crippen molar-refractivity contribution < 1.29 is 14.3 Å². The molecule has 19 heavy (non-hydrogen) atoms. The molecule has 1 aromatic rings. The van der Waals surface area contributed by atoms with E-state index in [4.69, 9.17) is 11.6 Å². The third-order valence-electron chi connectivity index (χ3n) is 2.66. The summed E-state index contributed by atoms with van der Waals surface area (Å²) in [6.45, 7) is 2.10. The zero-order chi connectivity index (χ0) is 14.3. The number of benzene rings is 1. The molecule has 0 fully saturated rings. The molecule has 1 atom stereocenters. The van der Waals surface area contributed by atoms with Gasteiger partial charge >= 0.3 is 5.97 Å². The molecule has 0 heterocycles. The molecule has 0 spiro atoms. The summed E-state index contributed by atoms with van der Waals surface area (Å²) in [6.07, 6.45) is 1.03. The first-order valence-electron chi connectivity index (χ1n) is 6.07. The van der Waals surface area contributed by atoms with Crippen LogP contribution in [0.1, 0.15) is 17.5 Å². The molecule has 1 rings (SSSR count). The van der Waals surface area contributed by atoms with Crippen LogP contribution in [0.15, 0.2) is 24.3 Å². The van der Waals surface area contributed by atoms with E-state index in [1.54, 1.807) is 0 Å². The Labute approximate surface area is 118 Å². The Hall–Kier alpha value is -1.55. The van der Waals surface area contributed by atoms with Crippen molar-refractivity contribution in [3.8, 4) is 0 Å². The Morgan fingerprint density at radius 3 is 2.79 bits per heavy atom. The van der Waals surface area contributed by atoms with Crippen molar-refractivity contribution in [3.63, 3.8) is 0 Å². The van der Waals surface area contributed by atoms with Gasteiger partial charge in [0.15, 0.2) is 0 Å². The number of carbonyl (C=O) groups excluding carboxylic acids is 2. The van der Waals surface area contributed by atoms with Crippen LogP contribution < -0.4 is 5.32 Å². The molecule has 0 saturated heterocycles. The summed E-state index contributed by atoms with van der Waals surface area (Å²) in [4.78, 5) is 22.6. The Balaban J connectivity index is 2.30. The lowest BCUT2D eigenvalue weighted by Crippen LogP contribution is -2.34. The van der Waals surface area contributed by atoms with Gasteiger partial charge < -0.3 is 10.1 Å². The highest BCUT2D eigenvalue weighted by Gasteiger charge is 2.16. The van der Waals surface area contributed by atoms with Gasteiger partial charge in [-0.2, -0.15) is 0 Å². The zero-order valence-electron chi connectivity index (χ0n) is 11.1. The van der Waals surface area contributed by atoms with Crippen molar-refractivity contribution >= 4 is 23.5 Å². The number of halogens is 1. The number of nitrogens with one attached hydrogen (secondary N) is 1. The first-order valence-corrected chi connectivity index (χ1v) is 6.50. The monoisotopic (exact) mass is 283 g/mol. The fourth-order valence-corrected chi connectivity index (χ4v) is 1.79. The first-order chi connectivity index (χ1) is 9.02. The Kier molecular flexibility index (Phi) is 6.36. The van der Waals surface area contributed by atoms with E-state index in [1.165, 1.54) is 12.7 Å². The Bertz CT molecular complexity index is 448. The number of hydrogen-bond donors (Lipinski definition) is 1. The predicted molar refractivity (Wildman–Crippen MR) is 74.2 cm³/mol. The van der Waals surface area contributed by atoms with Crippen molar-refractivity contribution in [2.75, 3.05) is 13.7 Å². The maximum atomic E-state index is 11.6. The number of hydrogen-bond acceptors (Lipinski definition) is 3. The van der Waals surface area contributed by atoms with Crippen LogP contribution in [0.2, 0.25) is 0 Å². The second-order valence-electron chi connectivity index (χ2n) is 4.28. The van der Waals surface area contributed by atoms with Crippen LogP contribution >= 0.6 is 11.6 Å². The van der Waals surface area contributed by atoms with Crippen LogP contribution in [-0.4, -0.2) is 30.9 Å². The van der Waals surface area contributed by atoms with Gasteiger partial charge in [-0.25, -0.2) is 0 Å². The molecule has 1 aromatic carbocycles. The average molecular weight is 284 g/mol. The normalized spacial score (nSPS) is 11.7. The lowest BCUT2D eigenvalue weighted by Gasteiger charge is -2.09. The molecule has 4 nitrogen and oxygen atoms in total. The van der Waals surface area contributed by atoms with E-state index in [1.807, 2.05) is 31.2 Å². The lowest BCUT2D eigenvalue weighted by molar-refractivity contribution is -0.140. The molecular weight excluding hydrogens is 266 g/mol. The lowest BCUT2D eigenvalue weighted by atomic mass is 10.1. The largest absolute Gasteiger partial charge is 0.468 e. The number of carbonyl (C=O) groups is 2. The Morgan fingerprint density at radius 1 is 1.42 bits per heavy atom. The van der Waals surface area contributed by atoms with Crippen molar-refractivity contribution in [3.05, 3.63) is 35.4 Å². The van der Waals surface area contributed by atoms with E-state index in [0.29, 0.717) is 12.8 Å². The molecule has 0 bridgehead atoms. The van der Waals surface area contributed by atoms with E-state index in [-0.39, 0.29) is 12.5 Å². The van der Waals surface area contributed by atoms with Crippen LogP contribution in [-0.2, 0) is 20.7 Å². The second-order valence-corrected chi connectivity index (χ2v) is 4.81. The molecular formula is C14H18ClNO3. The average Bonchev–Trinajstić information content (AvgIpc) is 2.41. The van der Waals surface area contributed by atoms with E-state index in [9.17, 15) is 9.59 Å². The SMILES string of the molecule is COC(=O)C(Cl)CNC(=O)CCc1cccc(C)c1. The van der Waals surface area contributed by atoms with Crippen molar-refractivity contribution in [2.45, 2.75) is 25.1 Å². The van der Waals surface area contributed by atoms with Gasteiger partial charge in [0.05, 0.1) is 7.11 Å². The highest BCUT2D eigenvalue weighted by Crippen LogP contribution is 2.06. The molecule has 1 amide bonds. The van der Waals surface area contributed by atoms with Crippen LogP contribution in [0.5, 0.6) is 0 Å². The van der Waals surface area contributed by atoms with Gasteiger partial charge in [-0.1, -0.05) is 29.8 Å². The maximum absolute atomic E-state index is 11.6. The van der Waals surface area contributed by atoms with E-state index in [0.717, 1.165) is 5.56 Å². The highest BCUT2D eigenvalue weighted by molar-refractivity contribution is 6.30. The van der Waals surface area contributed by atoms with Crippen LogP contribution in [0, 0.1) is 6.92 Å². The summed E-state index contributed by atoms with van der Waals surface area (Å²) in [7, 11) is 1.26. The Morgan fingerprint density at radius 2 is 2.16 bits per heavy atom. The minimum Gasteiger partial charge on any atom is -0.468 e. The van der Waals surface area contributed by atoms with Gasteiger partial charge in [0.1, 0.15) is 5.38 Å². The molecule has 0 saturated carbocycles. The summed E-state index contributed by atoms with van der Waals surface area (Å²) in [6, 6.07) is 8.01. The number of esters is 1. The molecule has 0 radical (unpaired) electrons.